The van der Waals surface area contributed by atoms with Gasteiger partial charge in [0.05, 0.1) is 18.1 Å². The van der Waals surface area contributed by atoms with E-state index in [1.165, 1.54) is 12.8 Å². The summed E-state index contributed by atoms with van der Waals surface area (Å²) < 4.78 is 6.89. The molecule has 0 radical (unpaired) electrons. The molecule has 0 spiro atoms. The molecule has 3 rings (SSSR count). The van der Waals surface area contributed by atoms with Crippen LogP contribution in [0.5, 0.6) is 0 Å². The first kappa shape index (κ1) is 17.4. The standard InChI is InChI=1S/C18H25N5O2/c1-25-12-9-18(7-2-3-8-18)14-19-17(24)21-15-5-4-6-16(13-15)23-11-10-20-22-23/h4-6,10-11,13H,2-3,7-9,12,14H2,1H3,(H2,19,21,24). The summed E-state index contributed by atoms with van der Waals surface area (Å²) in [4.78, 5) is 12.3. The van der Waals surface area contributed by atoms with Gasteiger partial charge in [-0.05, 0) is 42.9 Å². The largest absolute Gasteiger partial charge is 0.385 e. The van der Waals surface area contributed by atoms with E-state index in [0.717, 1.165) is 37.2 Å². The zero-order chi connectivity index (χ0) is 17.5. The lowest BCUT2D eigenvalue weighted by Gasteiger charge is -2.29. The third-order valence-corrected chi connectivity index (χ3v) is 4.92. The third-order valence-electron chi connectivity index (χ3n) is 4.92. The topological polar surface area (TPSA) is 81.1 Å². The average molecular weight is 343 g/mol. The number of methoxy groups -OCH3 is 1. The Labute approximate surface area is 147 Å². The van der Waals surface area contributed by atoms with Gasteiger partial charge in [-0.15, -0.1) is 5.10 Å². The minimum atomic E-state index is -0.181. The maximum Gasteiger partial charge on any atom is 0.319 e. The Balaban J connectivity index is 1.56. The monoisotopic (exact) mass is 343 g/mol. The van der Waals surface area contributed by atoms with Crippen LogP contribution in [-0.4, -0.2) is 41.3 Å². The molecular weight excluding hydrogens is 318 g/mol. The van der Waals surface area contributed by atoms with Gasteiger partial charge in [-0.1, -0.05) is 24.1 Å². The van der Waals surface area contributed by atoms with E-state index in [-0.39, 0.29) is 11.4 Å². The second-order valence-electron chi connectivity index (χ2n) is 6.66. The summed E-state index contributed by atoms with van der Waals surface area (Å²) in [6.07, 6.45) is 9.13. The quantitative estimate of drug-likeness (QED) is 0.810. The van der Waals surface area contributed by atoms with Gasteiger partial charge in [0.25, 0.3) is 0 Å². The van der Waals surface area contributed by atoms with Crippen LogP contribution in [0.15, 0.2) is 36.7 Å². The number of carbonyl (C=O) groups excluding carboxylic acids is 1. The zero-order valence-electron chi connectivity index (χ0n) is 14.6. The van der Waals surface area contributed by atoms with E-state index >= 15 is 0 Å². The lowest BCUT2D eigenvalue weighted by atomic mass is 9.83. The van der Waals surface area contributed by atoms with Crippen molar-refractivity contribution in [3.63, 3.8) is 0 Å². The fourth-order valence-electron chi connectivity index (χ4n) is 3.47. The first-order chi connectivity index (χ1) is 12.2. The number of nitrogens with one attached hydrogen (secondary N) is 2. The van der Waals surface area contributed by atoms with Crippen LogP contribution in [0.4, 0.5) is 10.5 Å². The van der Waals surface area contributed by atoms with Gasteiger partial charge in [-0.25, -0.2) is 9.48 Å². The second-order valence-corrected chi connectivity index (χ2v) is 6.66. The van der Waals surface area contributed by atoms with Gasteiger partial charge in [0.2, 0.25) is 0 Å². The molecule has 7 nitrogen and oxygen atoms in total. The number of urea groups is 1. The normalized spacial score (nSPS) is 15.9. The van der Waals surface area contributed by atoms with Crippen molar-refractivity contribution in [2.75, 3.05) is 25.6 Å². The van der Waals surface area contributed by atoms with Gasteiger partial charge < -0.3 is 15.4 Å². The van der Waals surface area contributed by atoms with Crippen LogP contribution in [0.25, 0.3) is 5.69 Å². The Kier molecular flexibility index (Phi) is 5.65. The Bertz CT molecular complexity index is 681. The van der Waals surface area contributed by atoms with Gasteiger partial charge in [0.1, 0.15) is 0 Å². The molecule has 1 fully saturated rings. The molecule has 0 atom stereocenters. The number of nitrogens with zero attached hydrogens (tertiary/aromatic N) is 3. The maximum absolute atomic E-state index is 12.3. The van der Waals surface area contributed by atoms with Crippen molar-refractivity contribution in [1.82, 2.24) is 20.3 Å². The number of rotatable bonds is 7. The van der Waals surface area contributed by atoms with Gasteiger partial charge >= 0.3 is 6.03 Å². The molecule has 1 aromatic heterocycles. The Morgan fingerprint density at radius 1 is 1.36 bits per heavy atom. The van der Waals surface area contributed by atoms with Crippen molar-refractivity contribution in [1.29, 1.82) is 0 Å². The molecule has 1 heterocycles. The van der Waals surface area contributed by atoms with Gasteiger partial charge in [-0.3, -0.25) is 0 Å². The van der Waals surface area contributed by atoms with Crippen molar-refractivity contribution < 1.29 is 9.53 Å². The molecule has 25 heavy (non-hydrogen) atoms. The zero-order valence-corrected chi connectivity index (χ0v) is 14.6. The molecule has 0 unspecified atom stereocenters. The smallest absolute Gasteiger partial charge is 0.319 e. The van der Waals surface area contributed by atoms with Crippen molar-refractivity contribution in [3.8, 4) is 5.69 Å². The Morgan fingerprint density at radius 3 is 2.92 bits per heavy atom. The molecule has 1 aliphatic carbocycles. The molecule has 0 aliphatic heterocycles. The molecule has 1 aliphatic rings. The third kappa shape index (κ3) is 4.57. The number of carbonyl (C=O) groups is 1. The van der Waals surface area contributed by atoms with E-state index in [1.54, 1.807) is 24.2 Å². The van der Waals surface area contributed by atoms with E-state index in [9.17, 15) is 4.79 Å². The number of hydrogen-bond acceptors (Lipinski definition) is 4. The molecular formula is C18H25N5O2. The molecule has 2 aromatic rings. The van der Waals surface area contributed by atoms with E-state index in [1.807, 2.05) is 24.3 Å². The van der Waals surface area contributed by atoms with Crippen LogP contribution in [0.1, 0.15) is 32.1 Å². The Morgan fingerprint density at radius 2 is 2.20 bits per heavy atom. The molecule has 134 valence electrons. The summed E-state index contributed by atoms with van der Waals surface area (Å²) in [5.41, 5.74) is 1.75. The van der Waals surface area contributed by atoms with Crippen LogP contribution in [0, 0.1) is 5.41 Å². The summed E-state index contributed by atoms with van der Waals surface area (Å²) in [5, 5.41) is 13.7. The maximum atomic E-state index is 12.3. The van der Waals surface area contributed by atoms with E-state index in [0.29, 0.717) is 6.54 Å². The lowest BCUT2D eigenvalue weighted by molar-refractivity contribution is 0.136. The van der Waals surface area contributed by atoms with Crippen LogP contribution in [-0.2, 0) is 4.74 Å². The highest BCUT2D eigenvalue weighted by Crippen LogP contribution is 2.40. The fourth-order valence-corrected chi connectivity index (χ4v) is 3.47. The fraction of sp³-hybridized carbons (Fsp3) is 0.500. The number of aromatic nitrogens is 3. The molecule has 7 heteroatoms. The highest BCUT2D eigenvalue weighted by atomic mass is 16.5. The van der Waals surface area contributed by atoms with Crippen molar-refractivity contribution in [2.45, 2.75) is 32.1 Å². The van der Waals surface area contributed by atoms with Crippen molar-refractivity contribution >= 4 is 11.7 Å². The Hall–Kier alpha value is -2.41. The summed E-state index contributed by atoms with van der Waals surface area (Å²) in [6, 6.07) is 7.33. The predicted molar refractivity (Wildman–Crippen MR) is 95.8 cm³/mol. The van der Waals surface area contributed by atoms with E-state index in [2.05, 4.69) is 20.9 Å². The summed E-state index contributed by atoms with van der Waals surface area (Å²) in [7, 11) is 1.73. The SMILES string of the molecule is COCCC1(CNC(=O)Nc2cccc(-n3ccnn3)c2)CCCC1. The first-order valence-corrected chi connectivity index (χ1v) is 8.71. The van der Waals surface area contributed by atoms with Crippen LogP contribution >= 0.6 is 0 Å². The van der Waals surface area contributed by atoms with Crippen LogP contribution < -0.4 is 10.6 Å². The first-order valence-electron chi connectivity index (χ1n) is 8.71. The minimum Gasteiger partial charge on any atom is -0.385 e. The number of benzene rings is 1. The molecule has 0 bridgehead atoms. The highest BCUT2D eigenvalue weighted by molar-refractivity contribution is 5.89. The number of anilines is 1. The van der Waals surface area contributed by atoms with Gasteiger partial charge in [0, 0.05) is 25.9 Å². The average Bonchev–Trinajstić information content (AvgIpc) is 3.31. The number of amides is 2. The summed E-state index contributed by atoms with van der Waals surface area (Å²) in [6.45, 7) is 1.42. The van der Waals surface area contributed by atoms with E-state index < -0.39 is 0 Å². The van der Waals surface area contributed by atoms with Crippen molar-refractivity contribution in [2.24, 2.45) is 5.41 Å². The second kappa shape index (κ2) is 8.11. The van der Waals surface area contributed by atoms with Gasteiger partial charge in [0.15, 0.2) is 0 Å². The molecule has 2 amide bonds. The van der Waals surface area contributed by atoms with Crippen LogP contribution in [0.2, 0.25) is 0 Å². The lowest BCUT2D eigenvalue weighted by Crippen LogP contribution is -2.39. The minimum absolute atomic E-state index is 0.177. The summed E-state index contributed by atoms with van der Waals surface area (Å²) in [5.74, 6) is 0. The molecule has 2 N–H and O–H groups in total. The van der Waals surface area contributed by atoms with Gasteiger partial charge in [-0.2, -0.15) is 0 Å². The molecule has 1 aromatic carbocycles. The van der Waals surface area contributed by atoms with Crippen LogP contribution in [0.3, 0.4) is 0 Å². The number of ether oxygens (including phenoxy) is 1. The summed E-state index contributed by atoms with van der Waals surface area (Å²) >= 11 is 0. The molecule has 0 saturated heterocycles. The van der Waals surface area contributed by atoms with E-state index in [4.69, 9.17) is 4.74 Å². The number of hydrogen-bond donors (Lipinski definition) is 2. The van der Waals surface area contributed by atoms with Crippen molar-refractivity contribution in [3.05, 3.63) is 36.7 Å². The molecule has 1 saturated carbocycles. The predicted octanol–water partition coefficient (Wildman–Crippen LogP) is 2.99. The highest BCUT2D eigenvalue weighted by Gasteiger charge is 2.33.